The van der Waals surface area contributed by atoms with Gasteiger partial charge in [0.05, 0.1) is 11.3 Å². The first kappa shape index (κ1) is 20.4. The molecule has 7 heteroatoms. The van der Waals surface area contributed by atoms with E-state index in [2.05, 4.69) is 15.2 Å². The normalized spacial score (nSPS) is 10.9. The number of anilines is 1. The molecule has 0 bridgehead atoms. The molecule has 0 radical (unpaired) electrons. The van der Waals surface area contributed by atoms with Crippen molar-refractivity contribution in [2.24, 2.45) is 0 Å². The van der Waals surface area contributed by atoms with E-state index in [-0.39, 0.29) is 5.91 Å². The molecule has 0 aliphatic heterocycles. The summed E-state index contributed by atoms with van der Waals surface area (Å²) in [5.41, 5.74) is 2.88. The third-order valence-electron chi connectivity index (χ3n) is 4.79. The maximum Gasteiger partial charge on any atom is 0.419 e. The molecule has 152 valence electrons. The van der Waals surface area contributed by atoms with Gasteiger partial charge in [0.25, 0.3) is 5.91 Å². The van der Waals surface area contributed by atoms with Gasteiger partial charge in [-0.2, -0.15) is 0 Å². The Kier molecular flexibility index (Phi) is 6.19. The van der Waals surface area contributed by atoms with E-state index in [0.717, 1.165) is 29.4 Å². The second kappa shape index (κ2) is 8.79. The van der Waals surface area contributed by atoms with E-state index in [1.54, 1.807) is 44.4 Å². The first-order chi connectivity index (χ1) is 13.9. The zero-order valence-electron chi connectivity index (χ0n) is 17.2. The Balaban J connectivity index is 1.89. The maximum absolute atomic E-state index is 12.9. The van der Waals surface area contributed by atoms with Gasteiger partial charge in [-0.15, -0.1) is 0 Å². The first-order valence-corrected chi connectivity index (χ1v) is 9.42. The predicted molar refractivity (Wildman–Crippen MR) is 115 cm³/mol. The van der Waals surface area contributed by atoms with Crippen molar-refractivity contribution < 1.29 is 14.3 Å². The number of aromatic nitrogens is 1. The van der Waals surface area contributed by atoms with Gasteiger partial charge < -0.3 is 19.9 Å². The molecule has 2 N–H and O–H groups in total. The molecule has 0 aliphatic carbocycles. The number of para-hydroxylation sites is 1. The SMILES string of the molecule is CNC(=O)c1ccccc1N(C)C(=O)Oc1cccc2[nH]cc(CCN(C)C)c12. The fraction of sp³-hybridized carbons (Fsp3) is 0.273. The zero-order chi connectivity index (χ0) is 21.0. The summed E-state index contributed by atoms with van der Waals surface area (Å²) >= 11 is 0. The fourth-order valence-corrected chi connectivity index (χ4v) is 3.20. The molecule has 7 nitrogen and oxygen atoms in total. The van der Waals surface area contributed by atoms with Crippen molar-refractivity contribution >= 4 is 28.6 Å². The van der Waals surface area contributed by atoms with Crippen LogP contribution in [0.3, 0.4) is 0 Å². The zero-order valence-corrected chi connectivity index (χ0v) is 17.2. The van der Waals surface area contributed by atoms with E-state index < -0.39 is 6.09 Å². The summed E-state index contributed by atoms with van der Waals surface area (Å²) in [5, 5.41) is 3.49. The summed E-state index contributed by atoms with van der Waals surface area (Å²) in [5.74, 6) is 0.228. The van der Waals surface area contributed by atoms with Crippen molar-refractivity contribution in [2.75, 3.05) is 39.6 Å². The van der Waals surface area contributed by atoms with Crippen molar-refractivity contribution in [3.63, 3.8) is 0 Å². The fourth-order valence-electron chi connectivity index (χ4n) is 3.20. The molecule has 0 unspecified atom stereocenters. The summed E-state index contributed by atoms with van der Waals surface area (Å²) in [7, 11) is 7.19. The van der Waals surface area contributed by atoms with Crippen molar-refractivity contribution in [3.05, 3.63) is 59.8 Å². The summed E-state index contributed by atoms with van der Waals surface area (Å²) in [4.78, 5) is 31.7. The Morgan fingerprint density at radius 1 is 1.07 bits per heavy atom. The standard InChI is InChI=1S/C22H26N4O3/c1-23-21(27)16-8-5-6-10-18(16)26(4)22(28)29-19-11-7-9-17-20(19)15(14-24-17)12-13-25(2)3/h5-11,14,24H,12-13H2,1-4H3,(H,23,27). The van der Waals surface area contributed by atoms with Crippen LogP contribution in [0.25, 0.3) is 10.9 Å². The van der Waals surface area contributed by atoms with Crippen LogP contribution in [-0.2, 0) is 6.42 Å². The number of likely N-dealkylation sites (N-methyl/N-ethyl adjacent to an activating group) is 1. The Hall–Kier alpha value is -3.32. The molecular formula is C22H26N4O3. The van der Waals surface area contributed by atoms with Crippen LogP contribution in [0.4, 0.5) is 10.5 Å². The molecule has 0 fully saturated rings. The molecule has 1 heterocycles. The van der Waals surface area contributed by atoms with E-state index >= 15 is 0 Å². The molecule has 29 heavy (non-hydrogen) atoms. The Morgan fingerprint density at radius 2 is 1.83 bits per heavy atom. The molecule has 0 saturated carbocycles. The topological polar surface area (TPSA) is 77.7 Å². The smallest absolute Gasteiger partial charge is 0.409 e. The van der Waals surface area contributed by atoms with Crippen LogP contribution in [0.1, 0.15) is 15.9 Å². The molecule has 0 aliphatic rings. The number of amides is 2. The van der Waals surface area contributed by atoms with Crippen molar-refractivity contribution in [3.8, 4) is 5.75 Å². The van der Waals surface area contributed by atoms with Gasteiger partial charge >= 0.3 is 6.09 Å². The average Bonchev–Trinajstić information content (AvgIpc) is 3.15. The highest BCUT2D eigenvalue weighted by Gasteiger charge is 2.21. The number of hydrogen-bond acceptors (Lipinski definition) is 4. The van der Waals surface area contributed by atoms with E-state index in [1.807, 2.05) is 32.4 Å². The van der Waals surface area contributed by atoms with Crippen molar-refractivity contribution in [2.45, 2.75) is 6.42 Å². The highest BCUT2D eigenvalue weighted by Crippen LogP contribution is 2.30. The minimum absolute atomic E-state index is 0.265. The lowest BCUT2D eigenvalue weighted by Gasteiger charge is -2.20. The van der Waals surface area contributed by atoms with Crippen LogP contribution in [0.5, 0.6) is 5.75 Å². The van der Waals surface area contributed by atoms with E-state index in [0.29, 0.717) is 17.0 Å². The van der Waals surface area contributed by atoms with Gasteiger partial charge in [-0.1, -0.05) is 18.2 Å². The molecule has 0 atom stereocenters. The number of hydrogen-bond donors (Lipinski definition) is 2. The maximum atomic E-state index is 12.9. The van der Waals surface area contributed by atoms with Gasteiger partial charge in [0.15, 0.2) is 0 Å². The Labute approximate surface area is 170 Å². The lowest BCUT2D eigenvalue weighted by atomic mass is 10.1. The Bertz CT molecular complexity index is 1030. The third kappa shape index (κ3) is 4.41. The second-order valence-corrected chi connectivity index (χ2v) is 7.07. The summed E-state index contributed by atoms with van der Waals surface area (Å²) in [6.45, 7) is 0.884. The summed E-state index contributed by atoms with van der Waals surface area (Å²) < 4.78 is 5.74. The molecule has 3 aromatic rings. The monoisotopic (exact) mass is 394 g/mol. The number of carbonyl (C=O) groups is 2. The molecule has 0 saturated heterocycles. The van der Waals surface area contributed by atoms with Gasteiger partial charge in [0.1, 0.15) is 5.75 Å². The van der Waals surface area contributed by atoms with Crippen LogP contribution in [-0.4, -0.2) is 56.6 Å². The van der Waals surface area contributed by atoms with E-state index in [9.17, 15) is 9.59 Å². The van der Waals surface area contributed by atoms with E-state index in [1.165, 1.54) is 4.90 Å². The van der Waals surface area contributed by atoms with Crippen LogP contribution < -0.4 is 15.0 Å². The Morgan fingerprint density at radius 3 is 2.55 bits per heavy atom. The molecule has 2 amide bonds. The lowest BCUT2D eigenvalue weighted by Crippen LogP contribution is -2.32. The number of fused-ring (bicyclic) bond motifs is 1. The summed E-state index contributed by atoms with van der Waals surface area (Å²) in [6.07, 6.45) is 2.22. The number of benzene rings is 2. The van der Waals surface area contributed by atoms with Crippen LogP contribution in [0.15, 0.2) is 48.7 Å². The molecule has 3 rings (SSSR count). The van der Waals surface area contributed by atoms with Crippen molar-refractivity contribution in [1.29, 1.82) is 0 Å². The minimum Gasteiger partial charge on any atom is -0.409 e. The molecule has 1 aromatic heterocycles. The first-order valence-electron chi connectivity index (χ1n) is 9.42. The number of H-pyrrole nitrogens is 1. The molecule has 2 aromatic carbocycles. The number of nitrogens with zero attached hydrogens (tertiary/aromatic N) is 2. The van der Waals surface area contributed by atoms with Crippen LogP contribution in [0.2, 0.25) is 0 Å². The molecule has 0 spiro atoms. The van der Waals surface area contributed by atoms with Gasteiger partial charge in [-0.25, -0.2) is 4.79 Å². The number of rotatable bonds is 6. The largest absolute Gasteiger partial charge is 0.419 e. The molecular weight excluding hydrogens is 368 g/mol. The van der Waals surface area contributed by atoms with Crippen LogP contribution >= 0.6 is 0 Å². The van der Waals surface area contributed by atoms with Gasteiger partial charge in [-0.05, 0) is 50.3 Å². The van der Waals surface area contributed by atoms with Gasteiger partial charge in [0, 0.05) is 37.7 Å². The van der Waals surface area contributed by atoms with Gasteiger partial charge in [-0.3, -0.25) is 9.69 Å². The quantitative estimate of drug-likeness (QED) is 0.673. The second-order valence-electron chi connectivity index (χ2n) is 7.07. The predicted octanol–water partition coefficient (Wildman–Crippen LogP) is 3.27. The minimum atomic E-state index is -0.561. The number of ether oxygens (including phenoxy) is 1. The third-order valence-corrected chi connectivity index (χ3v) is 4.79. The number of carbonyl (C=O) groups excluding carboxylic acids is 2. The average molecular weight is 394 g/mol. The highest BCUT2D eigenvalue weighted by molar-refractivity contribution is 6.04. The lowest BCUT2D eigenvalue weighted by molar-refractivity contribution is 0.0963. The van der Waals surface area contributed by atoms with E-state index in [4.69, 9.17) is 4.74 Å². The summed E-state index contributed by atoms with van der Waals surface area (Å²) in [6, 6.07) is 12.5. The number of aromatic amines is 1. The van der Waals surface area contributed by atoms with Crippen molar-refractivity contribution in [1.82, 2.24) is 15.2 Å². The number of nitrogens with one attached hydrogen (secondary N) is 2. The highest BCUT2D eigenvalue weighted by atomic mass is 16.6. The van der Waals surface area contributed by atoms with Gasteiger partial charge in [0.2, 0.25) is 0 Å². The van der Waals surface area contributed by atoms with Crippen LogP contribution in [0, 0.1) is 0 Å².